The number of hydrogen-bond acceptors (Lipinski definition) is 3. The number of fused-ring (bicyclic) bond motifs is 5. The van der Waals surface area contributed by atoms with Crippen LogP contribution in [0.15, 0.2) is 133 Å². The summed E-state index contributed by atoms with van der Waals surface area (Å²) < 4.78 is 1.21. The summed E-state index contributed by atoms with van der Waals surface area (Å²) in [5.74, 6) is 0. The highest BCUT2D eigenvalue weighted by Crippen LogP contribution is 2.40. The molecule has 6 aromatic carbocycles. The molecule has 0 radical (unpaired) electrons. The van der Waals surface area contributed by atoms with Crippen molar-refractivity contribution in [1.82, 2.24) is 9.97 Å². The Labute approximate surface area is 229 Å². The highest BCUT2D eigenvalue weighted by molar-refractivity contribution is 7.21. The molecule has 0 fully saturated rings. The zero-order valence-corrected chi connectivity index (χ0v) is 21.8. The second-order valence-corrected chi connectivity index (χ2v) is 10.9. The van der Waals surface area contributed by atoms with E-state index in [4.69, 9.17) is 9.97 Å². The Morgan fingerprint density at radius 2 is 1.15 bits per heavy atom. The summed E-state index contributed by atoms with van der Waals surface area (Å²) >= 11 is 1.74. The van der Waals surface area contributed by atoms with Gasteiger partial charge >= 0.3 is 0 Å². The van der Waals surface area contributed by atoms with Gasteiger partial charge in [-0.15, -0.1) is 11.3 Å². The van der Waals surface area contributed by atoms with E-state index in [1.54, 1.807) is 11.3 Å². The van der Waals surface area contributed by atoms with Crippen molar-refractivity contribution < 1.29 is 0 Å². The predicted octanol–water partition coefficient (Wildman–Crippen LogP) is 10.2. The van der Waals surface area contributed by atoms with Gasteiger partial charge in [-0.2, -0.15) is 0 Å². The third kappa shape index (κ3) is 3.70. The van der Waals surface area contributed by atoms with Crippen LogP contribution < -0.4 is 0 Å². The lowest BCUT2D eigenvalue weighted by atomic mass is 9.92. The topological polar surface area (TPSA) is 25.8 Å². The summed E-state index contributed by atoms with van der Waals surface area (Å²) in [5, 5.41) is 5.75. The number of hydrogen-bond donors (Lipinski definition) is 0. The Balaban J connectivity index is 1.36. The summed E-state index contributed by atoms with van der Waals surface area (Å²) in [5.41, 5.74) is 9.00. The van der Waals surface area contributed by atoms with E-state index in [-0.39, 0.29) is 0 Å². The second-order valence-electron chi connectivity index (χ2n) is 9.83. The molecule has 8 rings (SSSR count). The van der Waals surface area contributed by atoms with Crippen LogP contribution >= 0.6 is 11.3 Å². The van der Waals surface area contributed by atoms with Crippen molar-refractivity contribution in [1.29, 1.82) is 0 Å². The van der Waals surface area contributed by atoms with E-state index in [0.717, 1.165) is 32.5 Å². The van der Waals surface area contributed by atoms with Gasteiger partial charge < -0.3 is 0 Å². The molecule has 0 bridgehead atoms. The summed E-state index contributed by atoms with van der Waals surface area (Å²) in [6.45, 7) is 0. The van der Waals surface area contributed by atoms with Gasteiger partial charge in [-0.3, -0.25) is 0 Å². The van der Waals surface area contributed by atoms with Crippen LogP contribution in [0.2, 0.25) is 0 Å². The van der Waals surface area contributed by atoms with E-state index >= 15 is 0 Å². The molecule has 182 valence electrons. The highest BCUT2D eigenvalue weighted by Gasteiger charge is 2.15. The number of para-hydroxylation sites is 1. The van der Waals surface area contributed by atoms with Crippen LogP contribution in [-0.2, 0) is 0 Å². The maximum atomic E-state index is 5.26. The van der Waals surface area contributed by atoms with E-state index in [1.807, 2.05) is 6.07 Å². The van der Waals surface area contributed by atoms with Gasteiger partial charge in [0, 0.05) is 27.3 Å². The minimum Gasteiger partial charge on any atom is -0.247 e. The van der Waals surface area contributed by atoms with Gasteiger partial charge in [-0.25, -0.2) is 9.97 Å². The minimum atomic E-state index is 1.01. The SMILES string of the molecule is c1ccc(-c2ccc3c(-c4ccc(-c5nc6ccccc6s5)cc4)c4ccc5ccccc5c4nc3c2)cc1. The largest absolute Gasteiger partial charge is 0.247 e. The number of pyridine rings is 1. The van der Waals surface area contributed by atoms with Gasteiger partial charge in [0.2, 0.25) is 0 Å². The van der Waals surface area contributed by atoms with Crippen LogP contribution in [0.25, 0.3) is 75.6 Å². The molecule has 8 aromatic rings. The molecule has 0 atom stereocenters. The molecule has 0 N–H and O–H groups in total. The summed E-state index contributed by atoms with van der Waals surface area (Å²) in [6, 6.07) is 47.3. The average Bonchev–Trinajstić information content (AvgIpc) is 3.45. The Morgan fingerprint density at radius 3 is 2.03 bits per heavy atom. The Hall–Kier alpha value is -4.86. The molecule has 0 amide bonds. The molecule has 0 saturated heterocycles. The minimum absolute atomic E-state index is 1.01. The molecular formula is C36H22N2S. The first-order valence-electron chi connectivity index (χ1n) is 13.1. The fourth-order valence-corrected chi connectivity index (χ4v) is 6.55. The highest BCUT2D eigenvalue weighted by atomic mass is 32.1. The number of benzene rings is 6. The molecule has 39 heavy (non-hydrogen) atoms. The average molecular weight is 515 g/mol. The fourth-order valence-electron chi connectivity index (χ4n) is 5.57. The Morgan fingerprint density at radius 1 is 0.436 bits per heavy atom. The monoisotopic (exact) mass is 514 g/mol. The standard InChI is InChI=1S/C36H22N2S/c1-2-8-23(9-3-1)27-19-20-29-32(22-27)37-35-28-11-5-4-10-24(28)18-21-30(35)34(29)25-14-16-26(17-15-25)36-38-31-12-6-7-13-33(31)39-36/h1-22H. The van der Waals surface area contributed by atoms with Gasteiger partial charge in [0.05, 0.1) is 21.3 Å². The van der Waals surface area contributed by atoms with Crippen molar-refractivity contribution in [2.45, 2.75) is 0 Å². The molecule has 0 saturated carbocycles. The maximum absolute atomic E-state index is 5.26. The zero-order chi connectivity index (χ0) is 25.8. The molecule has 2 nitrogen and oxygen atoms in total. The van der Waals surface area contributed by atoms with E-state index < -0.39 is 0 Å². The van der Waals surface area contributed by atoms with Crippen LogP contribution in [0, 0.1) is 0 Å². The predicted molar refractivity (Wildman–Crippen MR) is 166 cm³/mol. The first-order chi connectivity index (χ1) is 19.3. The van der Waals surface area contributed by atoms with E-state index in [9.17, 15) is 0 Å². The van der Waals surface area contributed by atoms with Crippen LogP contribution in [0.4, 0.5) is 0 Å². The Bertz CT molecular complexity index is 2130. The first-order valence-corrected chi connectivity index (χ1v) is 13.9. The van der Waals surface area contributed by atoms with E-state index in [1.165, 1.54) is 43.1 Å². The molecule has 0 unspecified atom stereocenters. The summed E-state index contributed by atoms with van der Waals surface area (Å²) in [7, 11) is 0. The van der Waals surface area contributed by atoms with Crippen LogP contribution in [0.1, 0.15) is 0 Å². The maximum Gasteiger partial charge on any atom is 0.124 e. The molecular weight excluding hydrogens is 492 g/mol. The van der Waals surface area contributed by atoms with Gasteiger partial charge in [-0.1, -0.05) is 115 Å². The zero-order valence-electron chi connectivity index (χ0n) is 21.0. The van der Waals surface area contributed by atoms with Crippen molar-refractivity contribution in [2.75, 3.05) is 0 Å². The molecule has 0 aliphatic carbocycles. The second kappa shape index (κ2) is 8.87. The van der Waals surface area contributed by atoms with E-state index in [2.05, 4.69) is 127 Å². The lowest BCUT2D eigenvalue weighted by Gasteiger charge is -2.14. The summed E-state index contributed by atoms with van der Waals surface area (Å²) in [4.78, 5) is 10.1. The van der Waals surface area contributed by atoms with Gasteiger partial charge in [0.1, 0.15) is 5.01 Å². The third-order valence-corrected chi connectivity index (χ3v) is 8.58. The molecule has 3 heteroatoms. The van der Waals surface area contributed by atoms with Crippen LogP contribution in [0.5, 0.6) is 0 Å². The molecule has 2 aromatic heterocycles. The number of nitrogens with zero attached hydrogens (tertiary/aromatic N) is 2. The third-order valence-electron chi connectivity index (χ3n) is 7.49. The summed E-state index contributed by atoms with van der Waals surface area (Å²) in [6.07, 6.45) is 0. The van der Waals surface area contributed by atoms with Crippen molar-refractivity contribution in [2.24, 2.45) is 0 Å². The van der Waals surface area contributed by atoms with Crippen LogP contribution in [0.3, 0.4) is 0 Å². The normalized spacial score (nSPS) is 11.6. The van der Waals surface area contributed by atoms with Gasteiger partial charge in [-0.05, 0) is 40.3 Å². The quantitative estimate of drug-likeness (QED) is 0.173. The van der Waals surface area contributed by atoms with Crippen molar-refractivity contribution in [3.63, 3.8) is 0 Å². The molecule has 0 aliphatic rings. The number of rotatable bonds is 3. The number of aromatic nitrogens is 2. The van der Waals surface area contributed by atoms with Crippen molar-refractivity contribution >= 4 is 54.1 Å². The lowest BCUT2D eigenvalue weighted by molar-refractivity contribution is 1.47. The lowest BCUT2D eigenvalue weighted by Crippen LogP contribution is -1.91. The van der Waals surface area contributed by atoms with Crippen LogP contribution in [-0.4, -0.2) is 9.97 Å². The number of thiazole rings is 1. The first kappa shape index (κ1) is 22.2. The Kier molecular flexibility index (Phi) is 5.04. The van der Waals surface area contributed by atoms with Crippen molar-refractivity contribution in [3.8, 4) is 32.8 Å². The smallest absolute Gasteiger partial charge is 0.124 e. The fraction of sp³-hybridized carbons (Fsp3) is 0. The molecule has 0 spiro atoms. The van der Waals surface area contributed by atoms with E-state index in [0.29, 0.717) is 0 Å². The molecule has 2 heterocycles. The van der Waals surface area contributed by atoms with Gasteiger partial charge in [0.15, 0.2) is 0 Å². The molecule has 0 aliphatic heterocycles. The van der Waals surface area contributed by atoms with Crippen molar-refractivity contribution in [3.05, 3.63) is 133 Å². The van der Waals surface area contributed by atoms with Gasteiger partial charge in [0.25, 0.3) is 0 Å².